The molecule has 0 saturated carbocycles. The van der Waals surface area contributed by atoms with Gasteiger partial charge >= 0.3 is 6.18 Å². The van der Waals surface area contributed by atoms with Crippen LogP contribution in [0.1, 0.15) is 25.0 Å². The molecule has 0 aromatic heterocycles. The van der Waals surface area contributed by atoms with E-state index in [9.17, 15) is 13.2 Å². The van der Waals surface area contributed by atoms with Crippen molar-refractivity contribution in [2.75, 3.05) is 13.2 Å². The van der Waals surface area contributed by atoms with Gasteiger partial charge < -0.3 is 10.1 Å². The molecule has 1 aromatic carbocycles. The van der Waals surface area contributed by atoms with E-state index in [0.717, 1.165) is 12.6 Å². The quantitative estimate of drug-likeness (QED) is 0.808. The van der Waals surface area contributed by atoms with Gasteiger partial charge in [-0.05, 0) is 30.2 Å². The van der Waals surface area contributed by atoms with Crippen LogP contribution in [-0.2, 0) is 12.7 Å². The Kier molecular flexibility index (Phi) is 5.90. The van der Waals surface area contributed by atoms with Crippen LogP contribution in [0.4, 0.5) is 13.2 Å². The maximum absolute atomic E-state index is 13.0. The lowest BCUT2D eigenvalue weighted by Crippen LogP contribution is -2.19. The van der Waals surface area contributed by atoms with E-state index in [0.29, 0.717) is 18.0 Å². The second-order valence-electron chi connectivity index (χ2n) is 4.85. The number of hydrogen-bond donors (Lipinski definition) is 1. The Labute approximate surface area is 117 Å². The molecule has 1 N–H and O–H groups in total. The Bertz CT molecular complexity index is 475. The third-order valence-corrected chi connectivity index (χ3v) is 2.54. The van der Waals surface area contributed by atoms with Crippen LogP contribution in [-0.4, -0.2) is 13.2 Å². The fraction of sp³-hybridized carbons (Fsp3) is 0.467. The Morgan fingerprint density at radius 2 is 2.05 bits per heavy atom. The molecule has 0 fully saturated rings. The van der Waals surface area contributed by atoms with Crippen molar-refractivity contribution in [3.8, 4) is 18.1 Å². The molecule has 1 rings (SSSR count). The summed E-state index contributed by atoms with van der Waals surface area (Å²) in [6.45, 7) is 5.01. The minimum absolute atomic E-state index is 0.186. The van der Waals surface area contributed by atoms with Gasteiger partial charge in [0.1, 0.15) is 12.4 Å². The number of terminal acetylenes is 1. The van der Waals surface area contributed by atoms with Crippen LogP contribution >= 0.6 is 0 Å². The van der Waals surface area contributed by atoms with E-state index in [2.05, 4.69) is 11.2 Å². The lowest BCUT2D eigenvalue weighted by atomic mass is 10.1. The number of benzene rings is 1. The summed E-state index contributed by atoms with van der Waals surface area (Å²) >= 11 is 0. The predicted molar refractivity (Wildman–Crippen MR) is 72.3 cm³/mol. The van der Waals surface area contributed by atoms with Gasteiger partial charge in [-0.1, -0.05) is 25.8 Å². The van der Waals surface area contributed by atoms with Crippen LogP contribution in [0.5, 0.6) is 5.75 Å². The van der Waals surface area contributed by atoms with Gasteiger partial charge in [-0.2, -0.15) is 13.2 Å². The molecular weight excluding hydrogens is 267 g/mol. The first-order valence-corrected chi connectivity index (χ1v) is 6.31. The number of rotatable bonds is 6. The van der Waals surface area contributed by atoms with Crippen molar-refractivity contribution in [1.82, 2.24) is 5.32 Å². The highest BCUT2D eigenvalue weighted by Gasteiger charge is 2.34. The van der Waals surface area contributed by atoms with Crippen LogP contribution in [0.2, 0.25) is 0 Å². The van der Waals surface area contributed by atoms with Crippen LogP contribution < -0.4 is 10.1 Å². The van der Waals surface area contributed by atoms with E-state index in [4.69, 9.17) is 11.2 Å². The summed E-state index contributed by atoms with van der Waals surface area (Å²) in [6.07, 6.45) is 0.533. The predicted octanol–water partition coefficient (Wildman–Crippen LogP) is 3.46. The third kappa shape index (κ3) is 5.14. The van der Waals surface area contributed by atoms with E-state index >= 15 is 0 Å². The number of halogens is 3. The second-order valence-corrected chi connectivity index (χ2v) is 4.85. The fourth-order valence-electron chi connectivity index (χ4n) is 1.66. The number of hydrogen-bond acceptors (Lipinski definition) is 2. The largest absolute Gasteiger partial charge is 0.480 e. The molecule has 1 aromatic rings. The highest BCUT2D eigenvalue weighted by molar-refractivity contribution is 5.39. The van der Waals surface area contributed by atoms with E-state index in [1.807, 2.05) is 13.8 Å². The molecule has 0 aliphatic rings. The molecule has 110 valence electrons. The Morgan fingerprint density at radius 1 is 1.35 bits per heavy atom. The third-order valence-electron chi connectivity index (χ3n) is 2.54. The summed E-state index contributed by atoms with van der Waals surface area (Å²) in [5, 5.41) is 3.10. The Morgan fingerprint density at radius 3 is 2.60 bits per heavy atom. The summed E-state index contributed by atoms with van der Waals surface area (Å²) in [4.78, 5) is 0. The molecule has 0 amide bonds. The maximum atomic E-state index is 13.0. The van der Waals surface area contributed by atoms with Crippen molar-refractivity contribution in [1.29, 1.82) is 0 Å². The van der Waals surface area contributed by atoms with E-state index in [-0.39, 0.29) is 12.4 Å². The zero-order valence-electron chi connectivity index (χ0n) is 11.6. The molecule has 2 nitrogen and oxygen atoms in total. The van der Waals surface area contributed by atoms with Crippen LogP contribution in [0.25, 0.3) is 0 Å². The van der Waals surface area contributed by atoms with Crippen molar-refractivity contribution in [2.45, 2.75) is 26.6 Å². The summed E-state index contributed by atoms with van der Waals surface area (Å²) in [7, 11) is 0. The van der Waals surface area contributed by atoms with Gasteiger partial charge in [-0.15, -0.1) is 6.42 Å². The lowest BCUT2D eigenvalue weighted by Gasteiger charge is -2.15. The van der Waals surface area contributed by atoms with Gasteiger partial charge in [-0.25, -0.2) is 0 Å². The Hall–Kier alpha value is -1.67. The molecule has 0 aliphatic heterocycles. The zero-order valence-corrected chi connectivity index (χ0v) is 11.6. The van der Waals surface area contributed by atoms with E-state index in [1.54, 1.807) is 6.07 Å². The van der Waals surface area contributed by atoms with Gasteiger partial charge in [0.05, 0.1) is 5.56 Å². The summed E-state index contributed by atoms with van der Waals surface area (Å²) in [5.41, 5.74) is -0.234. The van der Waals surface area contributed by atoms with Gasteiger partial charge in [0.2, 0.25) is 0 Å². The fourth-order valence-corrected chi connectivity index (χ4v) is 1.66. The molecule has 0 heterocycles. The monoisotopic (exact) mass is 285 g/mol. The molecule has 0 spiro atoms. The lowest BCUT2D eigenvalue weighted by molar-refractivity contribution is -0.138. The van der Waals surface area contributed by atoms with E-state index in [1.165, 1.54) is 6.07 Å². The summed E-state index contributed by atoms with van der Waals surface area (Å²) in [5.74, 6) is 2.36. The van der Waals surface area contributed by atoms with Crippen molar-refractivity contribution in [2.24, 2.45) is 5.92 Å². The highest BCUT2D eigenvalue weighted by atomic mass is 19.4. The van der Waals surface area contributed by atoms with E-state index < -0.39 is 11.7 Å². The van der Waals surface area contributed by atoms with Crippen LogP contribution in [0, 0.1) is 18.3 Å². The molecule has 0 saturated heterocycles. The molecule has 0 bridgehead atoms. The molecule has 0 unspecified atom stereocenters. The van der Waals surface area contributed by atoms with Crippen molar-refractivity contribution >= 4 is 0 Å². The van der Waals surface area contributed by atoms with Crippen molar-refractivity contribution in [3.05, 3.63) is 29.3 Å². The molecule has 0 atom stereocenters. The zero-order chi connectivity index (χ0) is 15.2. The van der Waals surface area contributed by atoms with Gasteiger partial charge in [0.25, 0.3) is 0 Å². The van der Waals surface area contributed by atoms with Crippen molar-refractivity contribution in [3.63, 3.8) is 0 Å². The average Bonchev–Trinajstić information content (AvgIpc) is 2.35. The standard InChI is InChI=1S/C15H18F3NO/c1-4-7-20-14-6-5-12(10-19-9-11(2)3)8-13(14)15(16,17)18/h1,5-6,8,11,19H,7,9-10H2,2-3H3. The van der Waals surface area contributed by atoms with Crippen LogP contribution in [0.15, 0.2) is 18.2 Å². The summed E-state index contributed by atoms with van der Waals surface area (Å²) in [6, 6.07) is 4.01. The SMILES string of the molecule is C#CCOc1ccc(CNCC(C)C)cc1C(F)(F)F. The first-order valence-electron chi connectivity index (χ1n) is 6.31. The first-order chi connectivity index (χ1) is 9.34. The minimum Gasteiger partial charge on any atom is -0.480 e. The normalized spacial score (nSPS) is 11.4. The van der Waals surface area contributed by atoms with Gasteiger partial charge in [0, 0.05) is 6.54 Å². The maximum Gasteiger partial charge on any atom is 0.419 e. The molecule has 0 radical (unpaired) electrons. The first kappa shape index (κ1) is 16.4. The van der Waals surface area contributed by atoms with Crippen LogP contribution in [0.3, 0.4) is 0 Å². The smallest absolute Gasteiger partial charge is 0.419 e. The minimum atomic E-state index is -4.46. The topological polar surface area (TPSA) is 21.3 Å². The van der Waals surface area contributed by atoms with Gasteiger partial charge in [-0.3, -0.25) is 0 Å². The molecule has 0 aliphatic carbocycles. The molecular formula is C15H18F3NO. The highest BCUT2D eigenvalue weighted by Crippen LogP contribution is 2.36. The second kappa shape index (κ2) is 7.20. The number of nitrogens with one attached hydrogen (secondary N) is 1. The number of alkyl halides is 3. The Balaban J connectivity index is 2.88. The number of ether oxygens (including phenoxy) is 1. The average molecular weight is 285 g/mol. The van der Waals surface area contributed by atoms with Gasteiger partial charge in [0.15, 0.2) is 0 Å². The molecule has 20 heavy (non-hydrogen) atoms. The molecule has 5 heteroatoms. The van der Waals surface area contributed by atoms with Crippen molar-refractivity contribution < 1.29 is 17.9 Å². The summed E-state index contributed by atoms with van der Waals surface area (Å²) < 4.78 is 43.8.